The molecule has 0 spiro atoms. The van der Waals surface area contributed by atoms with Crippen LogP contribution in [0.4, 0.5) is 0 Å². The molecule has 148 valence electrons. The number of aliphatic hydroxyl groups excluding tert-OH is 1. The Labute approximate surface area is 159 Å². The van der Waals surface area contributed by atoms with Gasteiger partial charge in [-0.2, -0.15) is 5.10 Å². The average molecular weight is 375 g/mol. The summed E-state index contributed by atoms with van der Waals surface area (Å²) in [5, 5.41) is 14.7. The largest absolute Gasteiger partial charge is 0.389 e. The average Bonchev–Trinajstić information content (AvgIpc) is 3.26. The van der Waals surface area contributed by atoms with Crippen molar-refractivity contribution in [3.05, 3.63) is 52.2 Å². The van der Waals surface area contributed by atoms with Crippen LogP contribution >= 0.6 is 0 Å². The Bertz CT molecular complexity index is 784. The van der Waals surface area contributed by atoms with Crippen molar-refractivity contribution in [3.63, 3.8) is 0 Å². The minimum atomic E-state index is -0.785. The summed E-state index contributed by atoms with van der Waals surface area (Å²) in [7, 11) is 0. The Morgan fingerprint density at radius 1 is 1.33 bits per heavy atom. The summed E-state index contributed by atoms with van der Waals surface area (Å²) in [6.45, 7) is 7.16. The van der Waals surface area contributed by atoms with Gasteiger partial charge in [0.25, 0.3) is 0 Å². The van der Waals surface area contributed by atoms with E-state index in [1.54, 1.807) is 4.57 Å². The first kappa shape index (κ1) is 19.8. The molecule has 0 amide bonds. The van der Waals surface area contributed by atoms with Gasteiger partial charge in [-0.25, -0.2) is 9.48 Å². The molecule has 3 rings (SSSR count). The third kappa shape index (κ3) is 4.48. The molecule has 2 aromatic rings. The van der Waals surface area contributed by atoms with Gasteiger partial charge in [0.1, 0.15) is 6.10 Å². The smallest absolute Gasteiger partial charge is 0.346 e. The highest BCUT2D eigenvalue weighted by Crippen LogP contribution is 2.40. The Hall–Kier alpha value is -1.96. The maximum atomic E-state index is 12.8. The second kappa shape index (κ2) is 8.82. The molecule has 0 bridgehead atoms. The van der Waals surface area contributed by atoms with E-state index in [0.717, 1.165) is 6.42 Å². The quantitative estimate of drug-likeness (QED) is 0.764. The molecule has 1 aromatic carbocycles. The molecular formula is C20H29N3O4. The van der Waals surface area contributed by atoms with Crippen molar-refractivity contribution in [1.29, 1.82) is 0 Å². The lowest BCUT2D eigenvalue weighted by Crippen LogP contribution is -2.32. The molecule has 7 nitrogen and oxygen atoms in total. The number of hydrogen-bond acceptors (Lipinski definition) is 5. The molecule has 0 radical (unpaired) electrons. The second-order valence-electron chi connectivity index (χ2n) is 7.20. The number of nitrogens with zero attached hydrogens (tertiary/aromatic N) is 3. The number of ether oxygens (including phenoxy) is 2. The SMILES string of the molecule is CCn1c([C@H]2OCC[C@H]2c2ccccc2)nn(CC(O)COC(C)C)c1=O. The van der Waals surface area contributed by atoms with Crippen LogP contribution in [-0.2, 0) is 22.6 Å². The van der Waals surface area contributed by atoms with Crippen LogP contribution in [0.3, 0.4) is 0 Å². The fraction of sp³-hybridized carbons (Fsp3) is 0.600. The zero-order valence-electron chi connectivity index (χ0n) is 16.2. The standard InChI is InChI=1S/C20H29N3O4/c1-4-22-19(18-17(10-11-26-18)15-8-6-5-7-9-15)21-23(20(22)25)12-16(24)13-27-14(2)3/h5-9,14,16-18,24H,4,10-13H2,1-3H3/t16?,17-,18-/m0/s1. The lowest BCUT2D eigenvalue weighted by atomic mass is 9.92. The van der Waals surface area contributed by atoms with Crippen molar-refractivity contribution in [2.24, 2.45) is 0 Å². The first-order chi connectivity index (χ1) is 13.0. The summed E-state index contributed by atoms with van der Waals surface area (Å²) in [4.78, 5) is 12.8. The highest BCUT2D eigenvalue weighted by molar-refractivity contribution is 5.23. The van der Waals surface area contributed by atoms with E-state index in [4.69, 9.17) is 9.47 Å². The Kier molecular flexibility index (Phi) is 6.46. The van der Waals surface area contributed by atoms with Crippen LogP contribution in [0.2, 0.25) is 0 Å². The van der Waals surface area contributed by atoms with Crippen molar-refractivity contribution < 1.29 is 14.6 Å². The summed E-state index contributed by atoms with van der Waals surface area (Å²) in [6.07, 6.45) is -0.124. The van der Waals surface area contributed by atoms with Crippen LogP contribution < -0.4 is 5.69 Å². The molecule has 3 atom stereocenters. The molecule has 1 unspecified atom stereocenters. The topological polar surface area (TPSA) is 78.5 Å². The van der Waals surface area contributed by atoms with Crippen LogP contribution in [-0.4, -0.2) is 44.9 Å². The zero-order chi connectivity index (χ0) is 19.4. The molecule has 0 saturated carbocycles. The van der Waals surface area contributed by atoms with E-state index in [9.17, 15) is 9.90 Å². The molecule has 1 aromatic heterocycles. The van der Waals surface area contributed by atoms with E-state index in [1.165, 1.54) is 10.2 Å². The van der Waals surface area contributed by atoms with Crippen molar-refractivity contribution >= 4 is 0 Å². The summed E-state index contributed by atoms with van der Waals surface area (Å²) < 4.78 is 14.4. The maximum Gasteiger partial charge on any atom is 0.346 e. The summed E-state index contributed by atoms with van der Waals surface area (Å²) in [5.74, 6) is 0.798. The molecule has 1 aliphatic rings. The molecule has 27 heavy (non-hydrogen) atoms. The van der Waals surface area contributed by atoms with Crippen molar-refractivity contribution in [3.8, 4) is 0 Å². The lowest BCUT2D eigenvalue weighted by molar-refractivity contribution is -0.00261. The van der Waals surface area contributed by atoms with Gasteiger partial charge in [-0.1, -0.05) is 30.3 Å². The fourth-order valence-corrected chi connectivity index (χ4v) is 3.53. The molecule has 0 aliphatic carbocycles. The van der Waals surface area contributed by atoms with Crippen LogP contribution in [0, 0.1) is 0 Å². The van der Waals surface area contributed by atoms with E-state index in [2.05, 4.69) is 17.2 Å². The van der Waals surface area contributed by atoms with Gasteiger partial charge < -0.3 is 14.6 Å². The van der Waals surface area contributed by atoms with Crippen molar-refractivity contribution in [1.82, 2.24) is 14.3 Å². The van der Waals surface area contributed by atoms with Gasteiger partial charge in [-0.15, -0.1) is 0 Å². The summed E-state index contributed by atoms with van der Waals surface area (Å²) in [5.41, 5.74) is 0.966. The van der Waals surface area contributed by atoms with Crippen molar-refractivity contribution in [2.45, 2.75) is 64.5 Å². The van der Waals surface area contributed by atoms with Gasteiger partial charge in [0, 0.05) is 19.1 Å². The Balaban J connectivity index is 1.84. The monoisotopic (exact) mass is 375 g/mol. The zero-order valence-corrected chi connectivity index (χ0v) is 16.2. The van der Waals surface area contributed by atoms with E-state index < -0.39 is 6.10 Å². The Morgan fingerprint density at radius 2 is 2.07 bits per heavy atom. The molecule has 1 saturated heterocycles. The summed E-state index contributed by atoms with van der Waals surface area (Å²) in [6, 6.07) is 10.2. The van der Waals surface area contributed by atoms with Crippen LogP contribution in [0.15, 0.2) is 35.1 Å². The first-order valence-corrected chi connectivity index (χ1v) is 9.65. The van der Waals surface area contributed by atoms with E-state index in [-0.39, 0.29) is 37.0 Å². The Morgan fingerprint density at radius 3 is 2.74 bits per heavy atom. The molecule has 2 heterocycles. The van der Waals surface area contributed by atoms with Gasteiger partial charge in [-0.05, 0) is 32.8 Å². The van der Waals surface area contributed by atoms with E-state index >= 15 is 0 Å². The molecule has 1 N–H and O–H groups in total. The van der Waals surface area contributed by atoms with Gasteiger partial charge in [0.05, 0.1) is 25.4 Å². The number of rotatable bonds is 8. The van der Waals surface area contributed by atoms with Crippen LogP contribution in [0.5, 0.6) is 0 Å². The molecule has 1 fully saturated rings. The van der Waals surface area contributed by atoms with Crippen LogP contribution in [0.1, 0.15) is 50.6 Å². The van der Waals surface area contributed by atoms with Crippen molar-refractivity contribution in [2.75, 3.05) is 13.2 Å². The number of aliphatic hydroxyl groups is 1. The number of aromatic nitrogens is 3. The van der Waals surface area contributed by atoms with E-state index in [0.29, 0.717) is 19.0 Å². The van der Waals surface area contributed by atoms with Gasteiger partial charge in [0.2, 0.25) is 0 Å². The number of benzene rings is 1. The summed E-state index contributed by atoms with van der Waals surface area (Å²) >= 11 is 0. The third-order valence-electron chi connectivity index (χ3n) is 4.85. The molecular weight excluding hydrogens is 346 g/mol. The highest BCUT2D eigenvalue weighted by Gasteiger charge is 2.35. The minimum absolute atomic E-state index is 0.0265. The molecule has 1 aliphatic heterocycles. The van der Waals surface area contributed by atoms with E-state index in [1.807, 2.05) is 39.0 Å². The lowest BCUT2D eigenvalue weighted by Gasteiger charge is -2.18. The van der Waals surface area contributed by atoms with Gasteiger partial charge >= 0.3 is 5.69 Å². The first-order valence-electron chi connectivity index (χ1n) is 9.65. The third-order valence-corrected chi connectivity index (χ3v) is 4.85. The maximum absolute atomic E-state index is 12.8. The highest BCUT2D eigenvalue weighted by atomic mass is 16.5. The van der Waals surface area contributed by atoms with Gasteiger partial charge in [-0.3, -0.25) is 4.57 Å². The predicted octanol–water partition coefficient (Wildman–Crippen LogP) is 2.10. The molecule has 7 heteroatoms. The normalized spacial score (nSPS) is 21.1. The van der Waals surface area contributed by atoms with Crippen LogP contribution in [0.25, 0.3) is 0 Å². The fourth-order valence-electron chi connectivity index (χ4n) is 3.53. The predicted molar refractivity (Wildman–Crippen MR) is 102 cm³/mol. The minimum Gasteiger partial charge on any atom is -0.389 e. The second-order valence-corrected chi connectivity index (χ2v) is 7.20. The van der Waals surface area contributed by atoms with Gasteiger partial charge in [0.15, 0.2) is 5.82 Å². The number of hydrogen-bond donors (Lipinski definition) is 1.